The van der Waals surface area contributed by atoms with Gasteiger partial charge in [-0.15, -0.1) is 0 Å². The Kier molecular flexibility index (Phi) is 5.69. The molecule has 1 aliphatic rings. The SMILES string of the molecule is O=C(O)CNC(=O)C1CCCCN1S(=O)(=O)c1ccc([N+](=O)[O-])cc1. The number of aliphatic carboxylic acids is 1. The van der Waals surface area contributed by atoms with Crippen molar-refractivity contribution in [2.75, 3.05) is 13.1 Å². The third-order valence-corrected chi connectivity index (χ3v) is 5.75. The summed E-state index contributed by atoms with van der Waals surface area (Å²) in [7, 11) is -4.03. The number of benzene rings is 1. The molecule has 1 saturated heterocycles. The normalized spacial score (nSPS) is 18.5. The van der Waals surface area contributed by atoms with E-state index in [2.05, 4.69) is 5.32 Å². The van der Waals surface area contributed by atoms with E-state index in [-0.39, 0.29) is 23.5 Å². The molecule has 10 nitrogen and oxygen atoms in total. The Morgan fingerprint density at radius 3 is 2.48 bits per heavy atom. The van der Waals surface area contributed by atoms with Crippen molar-refractivity contribution in [1.29, 1.82) is 0 Å². The number of nitro benzene ring substituents is 1. The molecular formula is C14H17N3O7S. The van der Waals surface area contributed by atoms with Gasteiger partial charge in [0.15, 0.2) is 0 Å². The van der Waals surface area contributed by atoms with Crippen LogP contribution in [0.15, 0.2) is 29.2 Å². The zero-order chi connectivity index (χ0) is 18.6. The van der Waals surface area contributed by atoms with Gasteiger partial charge in [0.05, 0.1) is 9.82 Å². The lowest BCUT2D eigenvalue weighted by Crippen LogP contribution is -2.52. The van der Waals surface area contributed by atoms with E-state index >= 15 is 0 Å². The van der Waals surface area contributed by atoms with Gasteiger partial charge in [-0.1, -0.05) is 6.42 Å². The highest BCUT2D eigenvalue weighted by atomic mass is 32.2. The first-order valence-electron chi connectivity index (χ1n) is 7.49. The van der Waals surface area contributed by atoms with Crippen LogP contribution < -0.4 is 5.32 Å². The Morgan fingerprint density at radius 2 is 1.92 bits per heavy atom. The fourth-order valence-corrected chi connectivity index (χ4v) is 4.27. The van der Waals surface area contributed by atoms with Crippen molar-refractivity contribution >= 4 is 27.6 Å². The van der Waals surface area contributed by atoms with E-state index in [1.807, 2.05) is 0 Å². The van der Waals surface area contributed by atoms with Crippen LogP contribution in [0.25, 0.3) is 0 Å². The van der Waals surface area contributed by atoms with E-state index in [0.717, 1.165) is 28.6 Å². The van der Waals surface area contributed by atoms with Crippen LogP contribution in [-0.4, -0.2) is 53.8 Å². The number of nitrogens with zero attached hydrogens (tertiary/aromatic N) is 2. The summed E-state index contributed by atoms with van der Waals surface area (Å²) in [5.74, 6) is -1.90. The second-order valence-corrected chi connectivity index (χ2v) is 7.38. The van der Waals surface area contributed by atoms with E-state index in [9.17, 15) is 28.1 Å². The predicted molar refractivity (Wildman–Crippen MR) is 85.3 cm³/mol. The van der Waals surface area contributed by atoms with Gasteiger partial charge in [0.2, 0.25) is 15.9 Å². The average molecular weight is 371 g/mol. The van der Waals surface area contributed by atoms with Crippen LogP contribution in [0.1, 0.15) is 19.3 Å². The molecule has 0 aliphatic carbocycles. The van der Waals surface area contributed by atoms with Gasteiger partial charge < -0.3 is 10.4 Å². The summed E-state index contributed by atoms with van der Waals surface area (Å²) < 4.78 is 26.6. The molecule has 0 saturated carbocycles. The summed E-state index contributed by atoms with van der Waals surface area (Å²) >= 11 is 0. The second kappa shape index (κ2) is 7.57. The van der Waals surface area contributed by atoms with E-state index in [0.29, 0.717) is 12.8 Å². The van der Waals surface area contributed by atoms with Crippen molar-refractivity contribution in [2.24, 2.45) is 0 Å². The number of rotatable bonds is 6. The Hall–Kier alpha value is -2.53. The predicted octanol–water partition coefficient (Wildman–Crippen LogP) is 0.339. The maximum absolute atomic E-state index is 12.8. The summed E-state index contributed by atoms with van der Waals surface area (Å²) in [5.41, 5.74) is -0.242. The summed E-state index contributed by atoms with van der Waals surface area (Å²) in [6.07, 6.45) is 1.48. The van der Waals surface area contributed by atoms with E-state index < -0.39 is 39.4 Å². The first-order chi connectivity index (χ1) is 11.7. The third-order valence-electron chi connectivity index (χ3n) is 3.82. The van der Waals surface area contributed by atoms with Crippen LogP contribution in [0.2, 0.25) is 0 Å². The first-order valence-corrected chi connectivity index (χ1v) is 8.93. The number of hydrogen-bond acceptors (Lipinski definition) is 6. The lowest BCUT2D eigenvalue weighted by atomic mass is 10.0. The number of nitro groups is 1. The maximum atomic E-state index is 12.8. The first kappa shape index (κ1) is 18.8. The molecule has 0 radical (unpaired) electrons. The highest BCUT2D eigenvalue weighted by Gasteiger charge is 2.37. The molecule has 2 rings (SSSR count). The van der Waals surface area contributed by atoms with Crippen LogP contribution in [0.5, 0.6) is 0 Å². The van der Waals surface area contributed by atoms with Gasteiger partial charge in [-0.2, -0.15) is 4.31 Å². The minimum Gasteiger partial charge on any atom is -0.480 e. The summed E-state index contributed by atoms with van der Waals surface area (Å²) in [5, 5.41) is 21.5. The molecule has 0 bridgehead atoms. The van der Waals surface area contributed by atoms with Gasteiger partial charge in [-0.3, -0.25) is 19.7 Å². The van der Waals surface area contributed by atoms with Gasteiger partial charge in [0, 0.05) is 18.7 Å². The largest absolute Gasteiger partial charge is 0.480 e. The Balaban J connectivity index is 2.26. The van der Waals surface area contributed by atoms with Crippen molar-refractivity contribution in [3.8, 4) is 0 Å². The number of carboxylic acids is 1. The molecule has 1 heterocycles. The topological polar surface area (TPSA) is 147 Å². The smallest absolute Gasteiger partial charge is 0.322 e. The van der Waals surface area contributed by atoms with Crippen molar-refractivity contribution < 1.29 is 28.0 Å². The molecule has 2 N–H and O–H groups in total. The standard InChI is InChI=1S/C14H17N3O7S/c18-13(19)9-15-14(20)12-3-1-2-8-16(12)25(23,24)11-6-4-10(5-7-11)17(21)22/h4-7,12H,1-3,8-9H2,(H,15,20)(H,18,19). The highest BCUT2D eigenvalue weighted by Crippen LogP contribution is 2.26. The van der Waals surface area contributed by atoms with Gasteiger partial charge in [-0.05, 0) is 25.0 Å². The molecule has 1 fully saturated rings. The summed E-state index contributed by atoms with van der Waals surface area (Å²) in [6, 6.07) is 3.39. The Labute approximate surface area is 143 Å². The second-order valence-electron chi connectivity index (χ2n) is 5.49. The van der Waals surface area contributed by atoms with Gasteiger partial charge in [0.25, 0.3) is 5.69 Å². The van der Waals surface area contributed by atoms with Crippen LogP contribution in [0.4, 0.5) is 5.69 Å². The molecule has 136 valence electrons. The summed E-state index contributed by atoms with van der Waals surface area (Å²) in [4.78, 5) is 32.6. The molecular weight excluding hydrogens is 354 g/mol. The molecule has 25 heavy (non-hydrogen) atoms. The number of carboxylic acid groups (broad SMARTS) is 1. The molecule has 1 aromatic carbocycles. The average Bonchev–Trinajstić information content (AvgIpc) is 2.59. The number of piperidine rings is 1. The molecule has 0 spiro atoms. The third kappa shape index (κ3) is 4.31. The number of carbonyl (C=O) groups excluding carboxylic acids is 1. The van der Waals surface area contributed by atoms with Crippen molar-refractivity contribution in [2.45, 2.75) is 30.2 Å². The lowest BCUT2D eigenvalue weighted by Gasteiger charge is -2.33. The lowest BCUT2D eigenvalue weighted by molar-refractivity contribution is -0.384. The zero-order valence-corrected chi connectivity index (χ0v) is 13.9. The fourth-order valence-electron chi connectivity index (χ4n) is 2.61. The van der Waals surface area contributed by atoms with Gasteiger partial charge >= 0.3 is 5.97 Å². The molecule has 1 aromatic rings. The van der Waals surface area contributed by atoms with Crippen LogP contribution in [0.3, 0.4) is 0 Å². The number of amides is 1. The van der Waals surface area contributed by atoms with Crippen LogP contribution in [0, 0.1) is 10.1 Å². The number of nitrogens with one attached hydrogen (secondary N) is 1. The maximum Gasteiger partial charge on any atom is 0.322 e. The number of hydrogen-bond donors (Lipinski definition) is 2. The number of carbonyl (C=O) groups is 2. The van der Waals surface area contributed by atoms with Crippen molar-refractivity contribution in [3.63, 3.8) is 0 Å². The van der Waals surface area contributed by atoms with Crippen LogP contribution >= 0.6 is 0 Å². The molecule has 1 aliphatic heterocycles. The minimum atomic E-state index is -4.03. The van der Waals surface area contributed by atoms with E-state index in [1.165, 1.54) is 0 Å². The molecule has 11 heteroatoms. The van der Waals surface area contributed by atoms with Gasteiger partial charge in [-0.25, -0.2) is 8.42 Å². The number of sulfonamides is 1. The van der Waals surface area contributed by atoms with Gasteiger partial charge in [0.1, 0.15) is 12.6 Å². The Morgan fingerprint density at radius 1 is 1.28 bits per heavy atom. The summed E-state index contributed by atoms with van der Waals surface area (Å²) in [6.45, 7) is -0.481. The molecule has 0 aromatic heterocycles. The van der Waals surface area contributed by atoms with E-state index in [1.54, 1.807) is 0 Å². The number of non-ortho nitro benzene ring substituents is 1. The van der Waals surface area contributed by atoms with Crippen LogP contribution in [-0.2, 0) is 19.6 Å². The fraction of sp³-hybridized carbons (Fsp3) is 0.429. The van der Waals surface area contributed by atoms with Crippen molar-refractivity contribution in [1.82, 2.24) is 9.62 Å². The Bertz CT molecular complexity index is 776. The quantitative estimate of drug-likeness (QED) is 0.541. The molecule has 1 unspecified atom stereocenters. The monoisotopic (exact) mass is 371 g/mol. The zero-order valence-electron chi connectivity index (χ0n) is 13.1. The van der Waals surface area contributed by atoms with Crippen molar-refractivity contribution in [3.05, 3.63) is 34.4 Å². The van der Waals surface area contributed by atoms with E-state index in [4.69, 9.17) is 5.11 Å². The molecule has 1 atom stereocenters. The highest BCUT2D eigenvalue weighted by molar-refractivity contribution is 7.89. The minimum absolute atomic E-state index is 0.116. The molecule has 1 amide bonds.